The second-order valence-corrected chi connectivity index (χ2v) is 4.38. The quantitative estimate of drug-likeness (QED) is 0.921. The molecule has 0 saturated heterocycles. The molecule has 0 aliphatic heterocycles. The lowest BCUT2D eigenvalue weighted by Gasteiger charge is -2.28. The highest BCUT2D eigenvalue weighted by Crippen LogP contribution is 2.38. The Morgan fingerprint density at radius 2 is 2.11 bits per heavy atom. The fraction of sp³-hybridized carbons (Fsp3) is 0.357. The number of hydrogen-bond donors (Lipinski definition) is 1. The van der Waals surface area contributed by atoms with E-state index in [1.807, 2.05) is 0 Å². The van der Waals surface area contributed by atoms with Crippen molar-refractivity contribution < 1.29 is 14.2 Å². The Balaban J connectivity index is 2.67. The Hall–Kier alpha value is -1.88. The van der Waals surface area contributed by atoms with E-state index in [0.717, 1.165) is 0 Å². The molecule has 2 rings (SSSR count). The second-order valence-electron chi connectivity index (χ2n) is 4.38. The van der Waals surface area contributed by atoms with Crippen molar-refractivity contribution in [3.63, 3.8) is 0 Å². The van der Waals surface area contributed by atoms with Gasteiger partial charge in [0.05, 0.1) is 13.3 Å². The van der Waals surface area contributed by atoms with E-state index >= 15 is 0 Å². The molecule has 2 aromatic rings. The van der Waals surface area contributed by atoms with Gasteiger partial charge in [-0.1, -0.05) is 25.1 Å². The van der Waals surface area contributed by atoms with Crippen molar-refractivity contribution in [3.05, 3.63) is 47.5 Å². The van der Waals surface area contributed by atoms with Crippen LogP contribution in [0.3, 0.4) is 0 Å². The fourth-order valence-corrected chi connectivity index (χ4v) is 2.32. The Kier molecular flexibility index (Phi) is 3.57. The van der Waals surface area contributed by atoms with Gasteiger partial charge in [0.2, 0.25) is 0 Å². The van der Waals surface area contributed by atoms with Gasteiger partial charge in [0.15, 0.2) is 5.75 Å². The van der Waals surface area contributed by atoms with Gasteiger partial charge in [0.25, 0.3) is 0 Å². The number of aromatic nitrogens is 2. The van der Waals surface area contributed by atoms with E-state index in [1.54, 1.807) is 32.2 Å². The summed E-state index contributed by atoms with van der Waals surface area (Å²) in [5.41, 5.74) is -0.802. The van der Waals surface area contributed by atoms with Crippen LogP contribution >= 0.6 is 0 Å². The molecule has 1 aromatic heterocycles. The van der Waals surface area contributed by atoms with Crippen LogP contribution in [-0.4, -0.2) is 22.0 Å². The van der Waals surface area contributed by atoms with Gasteiger partial charge in [0.1, 0.15) is 17.1 Å². The molecule has 1 aromatic carbocycles. The van der Waals surface area contributed by atoms with Gasteiger partial charge >= 0.3 is 0 Å². The number of benzene rings is 1. The normalized spacial score (nSPS) is 14.2. The maximum Gasteiger partial charge on any atom is 0.163 e. The standard InChI is InChI=1S/C14H17FN2O2/c1-4-14(18,10-7-5-6-8-11(10)15)13-12(19-3)9-16-17(13)2/h5-9,18H,4H2,1-3H3. The zero-order valence-corrected chi connectivity index (χ0v) is 11.2. The summed E-state index contributed by atoms with van der Waals surface area (Å²) >= 11 is 0. The zero-order chi connectivity index (χ0) is 14.0. The van der Waals surface area contributed by atoms with Crippen molar-refractivity contribution in [2.45, 2.75) is 18.9 Å². The van der Waals surface area contributed by atoms with E-state index in [0.29, 0.717) is 17.9 Å². The van der Waals surface area contributed by atoms with Crippen LogP contribution in [0.2, 0.25) is 0 Å². The highest BCUT2D eigenvalue weighted by molar-refractivity contribution is 5.40. The number of hydrogen-bond acceptors (Lipinski definition) is 3. The molecule has 4 nitrogen and oxygen atoms in total. The molecule has 0 saturated carbocycles. The second kappa shape index (κ2) is 5.01. The minimum Gasteiger partial charge on any atom is -0.493 e. The number of ether oxygens (including phenoxy) is 1. The first-order valence-electron chi connectivity index (χ1n) is 6.08. The zero-order valence-electron chi connectivity index (χ0n) is 11.2. The number of aliphatic hydroxyl groups is 1. The number of rotatable bonds is 4. The molecule has 0 aliphatic carbocycles. The number of nitrogens with zero attached hydrogens (tertiary/aromatic N) is 2. The number of halogens is 1. The van der Waals surface area contributed by atoms with Crippen LogP contribution in [0.4, 0.5) is 4.39 Å². The molecule has 1 N–H and O–H groups in total. The first-order chi connectivity index (χ1) is 9.04. The molecule has 0 radical (unpaired) electrons. The van der Waals surface area contributed by atoms with Gasteiger partial charge in [-0.05, 0) is 12.5 Å². The van der Waals surface area contributed by atoms with Crippen molar-refractivity contribution in [2.75, 3.05) is 7.11 Å². The summed E-state index contributed by atoms with van der Waals surface area (Å²) in [5, 5.41) is 15.0. The molecule has 1 heterocycles. The van der Waals surface area contributed by atoms with Crippen LogP contribution in [0.25, 0.3) is 0 Å². The molecule has 19 heavy (non-hydrogen) atoms. The van der Waals surface area contributed by atoms with Crippen LogP contribution in [-0.2, 0) is 12.6 Å². The van der Waals surface area contributed by atoms with Gasteiger partial charge in [-0.15, -0.1) is 0 Å². The van der Waals surface area contributed by atoms with E-state index < -0.39 is 11.4 Å². The predicted octanol–water partition coefficient (Wildman–Crippen LogP) is 2.21. The monoisotopic (exact) mass is 264 g/mol. The van der Waals surface area contributed by atoms with E-state index in [-0.39, 0.29) is 5.56 Å². The third-order valence-corrected chi connectivity index (χ3v) is 3.35. The topological polar surface area (TPSA) is 47.3 Å². The third kappa shape index (κ3) is 2.10. The summed E-state index contributed by atoms with van der Waals surface area (Å²) in [6.07, 6.45) is 1.82. The molecule has 5 heteroatoms. The summed E-state index contributed by atoms with van der Waals surface area (Å²) in [4.78, 5) is 0. The van der Waals surface area contributed by atoms with Crippen molar-refractivity contribution >= 4 is 0 Å². The molecule has 0 bridgehead atoms. The lowest BCUT2D eigenvalue weighted by Crippen LogP contribution is -2.30. The van der Waals surface area contributed by atoms with Gasteiger partial charge in [-0.25, -0.2) is 4.39 Å². The fourth-order valence-electron chi connectivity index (χ4n) is 2.32. The van der Waals surface area contributed by atoms with Crippen molar-refractivity contribution in [1.29, 1.82) is 0 Å². The summed E-state index contributed by atoms with van der Waals surface area (Å²) in [5.74, 6) is -0.00907. The predicted molar refractivity (Wildman–Crippen MR) is 69.4 cm³/mol. The van der Waals surface area contributed by atoms with Crippen LogP contribution in [0.5, 0.6) is 5.75 Å². The summed E-state index contributed by atoms with van der Waals surface area (Å²) in [6.45, 7) is 1.79. The van der Waals surface area contributed by atoms with E-state index in [2.05, 4.69) is 5.10 Å². The molecule has 0 fully saturated rings. The average molecular weight is 264 g/mol. The average Bonchev–Trinajstić information content (AvgIpc) is 2.80. The lowest BCUT2D eigenvalue weighted by atomic mass is 9.87. The van der Waals surface area contributed by atoms with Crippen molar-refractivity contribution in [3.8, 4) is 5.75 Å². The molecule has 0 spiro atoms. The van der Waals surface area contributed by atoms with Crippen molar-refractivity contribution in [2.24, 2.45) is 7.05 Å². The Labute approximate surface area is 111 Å². The van der Waals surface area contributed by atoms with Crippen LogP contribution in [0.15, 0.2) is 30.5 Å². The van der Waals surface area contributed by atoms with Gasteiger partial charge in [0, 0.05) is 12.6 Å². The van der Waals surface area contributed by atoms with E-state index in [9.17, 15) is 9.50 Å². The molecule has 102 valence electrons. The maximum absolute atomic E-state index is 14.0. The lowest BCUT2D eigenvalue weighted by molar-refractivity contribution is 0.0611. The van der Waals surface area contributed by atoms with Crippen LogP contribution in [0, 0.1) is 5.82 Å². The summed E-state index contributed by atoms with van der Waals surface area (Å²) in [7, 11) is 3.19. The summed E-state index contributed by atoms with van der Waals surface area (Å²) in [6, 6.07) is 6.20. The van der Waals surface area contributed by atoms with Gasteiger partial charge in [-0.3, -0.25) is 4.68 Å². The Morgan fingerprint density at radius 3 is 2.68 bits per heavy atom. The highest BCUT2D eigenvalue weighted by Gasteiger charge is 2.37. The molecular formula is C14H17FN2O2. The SMILES string of the molecule is CCC(O)(c1ccccc1F)c1c(OC)cnn1C. The molecule has 0 aliphatic rings. The van der Waals surface area contributed by atoms with Gasteiger partial charge in [-0.2, -0.15) is 5.10 Å². The molecular weight excluding hydrogens is 247 g/mol. The minimum atomic E-state index is -1.47. The highest BCUT2D eigenvalue weighted by atomic mass is 19.1. The number of methoxy groups -OCH3 is 1. The van der Waals surface area contributed by atoms with E-state index in [4.69, 9.17) is 4.74 Å². The van der Waals surface area contributed by atoms with Crippen LogP contribution < -0.4 is 4.74 Å². The van der Waals surface area contributed by atoms with E-state index in [1.165, 1.54) is 24.1 Å². The smallest absolute Gasteiger partial charge is 0.163 e. The Bertz CT molecular complexity index is 583. The first-order valence-corrected chi connectivity index (χ1v) is 6.08. The maximum atomic E-state index is 14.0. The van der Waals surface area contributed by atoms with Crippen LogP contribution in [0.1, 0.15) is 24.6 Å². The third-order valence-electron chi connectivity index (χ3n) is 3.35. The summed E-state index contributed by atoms with van der Waals surface area (Å²) < 4.78 is 20.7. The molecule has 1 atom stereocenters. The number of aryl methyl sites for hydroxylation is 1. The Morgan fingerprint density at radius 1 is 1.42 bits per heavy atom. The van der Waals surface area contributed by atoms with Crippen molar-refractivity contribution in [1.82, 2.24) is 9.78 Å². The molecule has 0 amide bonds. The first kappa shape index (κ1) is 13.5. The molecule has 1 unspecified atom stereocenters. The minimum absolute atomic E-state index is 0.222. The largest absolute Gasteiger partial charge is 0.493 e. The van der Waals surface area contributed by atoms with Gasteiger partial charge < -0.3 is 9.84 Å².